The quantitative estimate of drug-likeness (QED) is 0.821. The molecule has 1 saturated carbocycles. The molecule has 0 radical (unpaired) electrons. The lowest BCUT2D eigenvalue weighted by molar-refractivity contribution is -0.119. The second kappa shape index (κ2) is 7.66. The Morgan fingerprint density at radius 2 is 2.00 bits per heavy atom. The van der Waals surface area contributed by atoms with Gasteiger partial charge in [0, 0.05) is 37.8 Å². The summed E-state index contributed by atoms with van der Waals surface area (Å²) in [7, 11) is -3.47. The summed E-state index contributed by atoms with van der Waals surface area (Å²) < 4.78 is 26.9. The van der Waals surface area contributed by atoms with E-state index in [2.05, 4.69) is 0 Å². The number of anilines is 1. The van der Waals surface area contributed by atoms with Gasteiger partial charge in [-0.2, -0.15) is 4.31 Å². The number of hydrogen-bond acceptors (Lipinski definition) is 4. The number of benzene rings is 1. The summed E-state index contributed by atoms with van der Waals surface area (Å²) in [6.07, 6.45) is 4.30. The molecular formula is C19H29N3O3S. The fourth-order valence-electron chi connectivity index (χ4n) is 4.16. The van der Waals surface area contributed by atoms with Crippen LogP contribution in [0.1, 0.15) is 45.1 Å². The van der Waals surface area contributed by atoms with Crippen molar-refractivity contribution in [2.45, 2.75) is 56.9 Å². The van der Waals surface area contributed by atoms with Crippen molar-refractivity contribution in [2.24, 2.45) is 11.7 Å². The molecule has 1 fully saturated rings. The van der Waals surface area contributed by atoms with Gasteiger partial charge in [0.25, 0.3) is 0 Å². The van der Waals surface area contributed by atoms with Crippen LogP contribution in [0.2, 0.25) is 0 Å². The van der Waals surface area contributed by atoms with Crippen LogP contribution >= 0.6 is 0 Å². The van der Waals surface area contributed by atoms with E-state index in [9.17, 15) is 13.2 Å². The lowest BCUT2D eigenvalue weighted by Gasteiger charge is -2.22. The summed E-state index contributed by atoms with van der Waals surface area (Å²) in [6.45, 7) is 5.18. The molecule has 2 atom stereocenters. The van der Waals surface area contributed by atoms with Crippen LogP contribution in [0.25, 0.3) is 0 Å². The molecule has 1 aromatic carbocycles. The highest BCUT2D eigenvalue weighted by molar-refractivity contribution is 7.89. The predicted molar refractivity (Wildman–Crippen MR) is 103 cm³/mol. The second-order valence-corrected chi connectivity index (χ2v) is 9.17. The molecule has 0 bridgehead atoms. The summed E-state index contributed by atoms with van der Waals surface area (Å²) in [6, 6.07) is 5.27. The Hall–Kier alpha value is -1.44. The summed E-state index contributed by atoms with van der Waals surface area (Å²) >= 11 is 0. The van der Waals surface area contributed by atoms with Crippen molar-refractivity contribution in [1.82, 2.24) is 4.31 Å². The van der Waals surface area contributed by atoms with E-state index < -0.39 is 10.0 Å². The maximum absolute atomic E-state index is 12.7. The van der Waals surface area contributed by atoms with E-state index in [0.29, 0.717) is 37.4 Å². The van der Waals surface area contributed by atoms with Crippen LogP contribution in [0.5, 0.6) is 0 Å². The Morgan fingerprint density at radius 3 is 2.62 bits per heavy atom. The summed E-state index contributed by atoms with van der Waals surface area (Å²) in [5.74, 6) is 0.374. The number of rotatable bonds is 6. The van der Waals surface area contributed by atoms with E-state index in [4.69, 9.17) is 5.73 Å². The molecule has 1 aliphatic carbocycles. The standard InChI is InChI=1S/C19H29N3O3S/c1-3-21(4-2)26(24,25)16-8-9-18-15(12-16)10-11-22(18)19(23)13-14-6-5-7-17(14)20/h8-9,12,14,17H,3-7,10-11,13,20H2,1-2H3/t14-,17+/m0/s1. The number of nitrogens with two attached hydrogens (primary N) is 1. The van der Waals surface area contributed by atoms with Crippen LogP contribution in [0.4, 0.5) is 5.69 Å². The molecule has 0 saturated heterocycles. The van der Waals surface area contributed by atoms with E-state index >= 15 is 0 Å². The minimum absolute atomic E-state index is 0.102. The van der Waals surface area contributed by atoms with Gasteiger partial charge < -0.3 is 10.6 Å². The highest BCUT2D eigenvalue weighted by atomic mass is 32.2. The van der Waals surface area contributed by atoms with Crippen molar-refractivity contribution < 1.29 is 13.2 Å². The minimum atomic E-state index is -3.47. The van der Waals surface area contributed by atoms with Crippen LogP contribution in [0.15, 0.2) is 23.1 Å². The molecule has 26 heavy (non-hydrogen) atoms. The number of nitrogens with zero attached hydrogens (tertiary/aromatic N) is 2. The van der Waals surface area contributed by atoms with Gasteiger partial charge in [0.15, 0.2) is 0 Å². The molecule has 1 amide bonds. The lowest BCUT2D eigenvalue weighted by atomic mass is 9.99. The number of fused-ring (bicyclic) bond motifs is 1. The van der Waals surface area contributed by atoms with E-state index in [1.807, 2.05) is 13.8 Å². The SMILES string of the molecule is CCN(CC)S(=O)(=O)c1ccc2c(c1)CCN2C(=O)C[C@@H]1CCC[C@H]1N. The lowest BCUT2D eigenvalue weighted by Crippen LogP contribution is -2.34. The number of sulfonamides is 1. The first-order valence-electron chi connectivity index (χ1n) is 9.57. The maximum atomic E-state index is 12.7. The zero-order valence-corrected chi connectivity index (χ0v) is 16.5. The first-order valence-corrected chi connectivity index (χ1v) is 11.0. The third-order valence-corrected chi connectivity index (χ3v) is 7.79. The molecular weight excluding hydrogens is 350 g/mol. The fraction of sp³-hybridized carbons (Fsp3) is 0.632. The van der Waals surface area contributed by atoms with E-state index in [-0.39, 0.29) is 17.9 Å². The maximum Gasteiger partial charge on any atom is 0.243 e. The number of hydrogen-bond donors (Lipinski definition) is 1. The zero-order chi connectivity index (χ0) is 18.9. The van der Waals surface area contributed by atoms with Crippen LogP contribution in [0.3, 0.4) is 0 Å². The number of carbonyl (C=O) groups is 1. The number of carbonyl (C=O) groups excluding carboxylic acids is 1. The second-order valence-electron chi connectivity index (χ2n) is 7.23. The topological polar surface area (TPSA) is 83.7 Å². The monoisotopic (exact) mass is 379 g/mol. The Morgan fingerprint density at radius 1 is 1.27 bits per heavy atom. The molecule has 2 aliphatic rings. The third kappa shape index (κ3) is 3.52. The Kier molecular flexibility index (Phi) is 5.69. The van der Waals surface area contributed by atoms with Crippen molar-refractivity contribution in [2.75, 3.05) is 24.5 Å². The molecule has 2 N–H and O–H groups in total. The largest absolute Gasteiger partial charge is 0.327 e. The normalized spacial score (nSPS) is 22.8. The van der Waals surface area contributed by atoms with Crippen molar-refractivity contribution in [3.63, 3.8) is 0 Å². The highest BCUT2D eigenvalue weighted by Crippen LogP contribution is 2.34. The fourth-order valence-corrected chi connectivity index (χ4v) is 5.67. The van der Waals surface area contributed by atoms with E-state index in [1.165, 1.54) is 4.31 Å². The van der Waals surface area contributed by atoms with Crippen LogP contribution in [-0.4, -0.2) is 44.3 Å². The minimum Gasteiger partial charge on any atom is -0.327 e. The van der Waals surface area contributed by atoms with Crippen LogP contribution in [-0.2, 0) is 21.2 Å². The molecule has 1 aliphatic heterocycles. The van der Waals surface area contributed by atoms with E-state index in [1.54, 1.807) is 23.1 Å². The van der Waals surface area contributed by atoms with Gasteiger partial charge in [-0.3, -0.25) is 4.79 Å². The zero-order valence-electron chi connectivity index (χ0n) is 15.6. The van der Waals surface area contributed by atoms with Gasteiger partial charge in [-0.25, -0.2) is 8.42 Å². The first kappa shape index (κ1) is 19.3. The molecule has 3 rings (SSSR count). The summed E-state index contributed by atoms with van der Waals surface area (Å²) in [5.41, 5.74) is 7.88. The first-order chi connectivity index (χ1) is 12.4. The predicted octanol–water partition coefficient (Wildman–Crippen LogP) is 2.12. The Labute approximate surface area is 156 Å². The van der Waals surface area contributed by atoms with Crippen LogP contribution < -0.4 is 10.6 Å². The van der Waals surface area contributed by atoms with Gasteiger partial charge in [0.1, 0.15) is 0 Å². The van der Waals surface area contributed by atoms with Gasteiger partial charge in [-0.1, -0.05) is 20.3 Å². The Balaban J connectivity index is 1.79. The van der Waals surface area contributed by atoms with Gasteiger partial charge in [-0.15, -0.1) is 0 Å². The van der Waals surface area contributed by atoms with Gasteiger partial charge in [0.2, 0.25) is 15.9 Å². The van der Waals surface area contributed by atoms with Crippen LogP contribution in [0, 0.1) is 5.92 Å². The average Bonchev–Trinajstić information content (AvgIpc) is 3.21. The third-order valence-electron chi connectivity index (χ3n) is 5.75. The molecule has 0 unspecified atom stereocenters. The van der Waals surface area contributed by atoms with Crippen molar-refractivity contribution in [1.29, 1.82) is 0 Å². The van der Waals surface area contributed by atoms with Gasteiger partial charge in [-0.05, 0) is 48.9 Å². The molecule has 6 nitrogen and oxygen atoms in total. The smallest absolute Gasteiger partial charge is 0.243 e. The summed E-state index contributed by atoms with van der Waals surface area (Å²) in [4.78, 5) is 14.8. The molecule has 0 aromatic heterocycles. The molecule has 7 heteroatoms. The Bertz CT molecular complexity index is 774. The summed E-state index contributed by atoms with van der Waals surface area (Å²) in [5, 5.41) is 0. The molecule has 1 aromatic rings. The van der Waals surface area contributed by atoms with Gasteiger partial charge >= 0.3 is 0 Å². The molecule has 0 spiro atoms. The molecule has 1 heterocycles. The average molecular weight is 380 g/mol. The molecule has 144 valence electrons. The highest BCUT2D eigenvalue weighted by Gasteiger charge is 2.32. The van der Waals surface area contributed by atoms with Crippen molar-refractivity contribution in [3.05, 3.63) is 23.8 Å². The van der Waals surface area contributed by atoms with Gasteiger partial charge in [0.05, 0.1) is 4.90 Å². The number of amides is 1. The van der Waals surface area contributed by atoms with E-state index in [0.717, 1.165) is 30.5 Å². The van der Waals surface area contributed by atoms with Crippen molar-refractivity contribution in [3.8, 4) is 0 Å². The van der Waals surface area contributed by atoms with Crippen molar-refractivity contribution >= 4 is 21.6 Å².